The highest BCUT2D eigenvalue weighted by Crippen LogP contribution is 2.33. The Morgan fingerprint density at radius 1 is 1.05 bits per heavy atom. The lowest BCUT2D eigenvalue weighted by molar-refractivity contribution is 0.0111. The van der Waals surface area contributed by atoms with Gasteiger partial charge in [-0.05, 0) is 50.2 Å². The van der Waals surface area contributed by atoms with Crippen LogP contribution >= 0.6 is 0 Å². The number of anilines is 1. The van der Waals surface area contributed by atoms with E-state index in [1.165, 1.54) is 17.9 Å². The van der Waals surface area contributed by atoms with E-state index < -0.39 is 10.0 Å². The first kappa shape index (κ1) is 28.5. The molecule has 0 unspecified atom stereocenters. The number of ether oxygens (including phenoxy) is 4. The van der Waals surface area contributed by atoms with E-state index in [4.69, 9.17) is 18.9 Å². The van der Waals surface area contributed by atoms with Gasteiger partial charge >= 0.3 is 0 Å². The first-order chi connectivity index (χ1) is 18.5. The van der Waals surface area contributed by atoms with Gasteiger partial charge in [0.25, 0.3) is 11.8 Å². The number of nitrogens with one attached hydrogen (secondary N) is 1. The molecule has 2 amide bonds. The van der Waals surface area contributed by atoms with Crippen molar-refractivity contribution in [3.05, 3.63) is 47.5 Å². The number of carbonyl (C=O) groups is 2. The number of benzene rings is 2. The molecule has 4 rings (SSSR count). The smallest absolute Gasteiger partial charge is 0.257 e. The predicted molar refractivity (Wildman–Crippen MR) is 145 cm³/mol. The van der Waals surface area contributed by atoms with Crippen molar-refractivity contribution >= 4 is 27.5 Å². The highest BCUT2D eigenvalue weighted by Gasteiger charge is 2.31. The molecule has 2 aliphatic rings. The lowest BCUT2D eigenvalue weighted by Gasteiger charge is -2.36. The molecule has 0 radical (unpaired) electrons. The third-order valence-electron chi connectivity index (χ3n) is 6.98. The fourth-order valence-corrected chi connectivity index (χ4v) is 5.20. The number of carbonyl (C=O) groups excluding carboxylic acids is 2. The molecule has 0 aliphatic carbocycles. The molecule has 0 fully saturated rings. The van der Waals surface area contributed by atoms with Gasteiger partial charge in [0.05, 0.1) is 23.5 Å². The zero-order valence-corrected chi connectivity index (χ0v) is 23.6. The van der Waals surface area contributed by atoms with Crippen LogP contribution in [0.1, 0.15) is 41.5 Å². The molecule has 12 heteroatoms. The maximum atomic E-state index is 13.7. The van der Waals surface area contributed by atoms with E-state index in [0.29, 0.717) is 23.6 Å². The number of amides is 2. The summed E-state index contributed by atoms with van der Waals surface area (Å²) < 4.78 is 49.4. The number of sulfonamides is 1. The molecule has 1 N–H and O–H groups in total. The second kappa shape index (κ2) is 11.7. The van der Waals surface area contributed by atoms with Crippen LogP contribution in [-0.2, 0) is 14.8 Å². The molecule has 2 aromatic rings. The molecular formula is C27H35N3O8S. The number of methoxy groups -OCH3 is 1. The van der Waals surface area contributed by atoms with Crippen molar-refractivity contribution in [3.8, 4) is 17.2 Å². The second-order valence-electron chi connectivity index (χ2n) is 9.84. The average Bonchev–Trinajstić information content (AvgIpc) is 3.40. The first-order valence-electron chi connectivity index (χ1n) is 12.8. The fraction of sp³-hybridized carbons (Fsp3) is 0.481. The lowest BCUT2D eigenvalue weighted by Crippen LogP contribution is -2.48. The van der Waals surface area contributed by atoms with Crippen LogP contribution < -0.4 is 18.9 Å². The van der Waals surface area contributed by atoms with Crippen LogP contribution in [0, 0.1) is 5.92 Å². The van der Waals surface area contributed by atoms with E-state index >= 15 is 0 Å². The number of hydrogen-bond donors (Lipinski definition) is 1. The molecule has 2 heterocycles. The summed E-state index contributed by atoms with van der Waals surface area (Å²) in [5.74, 6) is 0.630. The fourth-order valence-electron chi connectivity index (χ4n) is 4.57. The molecule has 0 spiro atoms. The summed E-state index contributed by atoms with van der Waals surface area (Å²) in [5.41, 5.74) is 0.926. The Morgan fingerprint density at radius 2 is 1.77 bits per heavy atom. The Labute approximate surface area is 229 Å². The van der Waals surface area contributed by atoms with Gasteiger partial charge in [-0.3, -0.25) is 14.3 Å². The molecule has 2 aliphatic heterocycles. The maximum absolute atomic E-state index is 13.7. The average molecular weight is 562 g/mol. The zero-order chi connectivity index (χ0) is 28.3. The van der Waals surface area contributed by atoms with Crippen LogP contribution in [-0.4, -0.2) is 88.6 Å². The monoisotopic (exact) mass is 561 g/mol. The van der Waals surface area contributed by atoms with Gasteiger partial charge in [-0.15, -0.1) is 0 Å². The Morgan fingerprint density at radius 3 is 2.49 bits per heavy atom. The molecule has 212 valence electrons. The topological polar surface area (TPSA) is 124 Å². The Bertz CT molecular complexity index is 1330. The van der Waals surface area contributed by atoms with Crippen molar-refractivity contribution in [3.63, 3.8) is 0 Å². The quantitative estimate of drug-likeness (QED) is 0.591. The molecular weight excluding hydrogens is 526 g/mol. The third-order valence-corrected chi connectivity index (χ3v) is 8.29. The minimum atomic E-state index is -3.54. The normalized spacial score (nSPS) is 21.9. The van der Waals surface area contributed by atoms with Gasteiger partial charge in [-0.1, -0.05) is 6.92 Å². The molecule has 0 saturated heterocycles. The lowest BCUT2D eigenvalue weighted by atomic mass is 10.0. The Kier molecular flexibility index (Phi) is 8.55. The van der Waals surface area contributed by atoms with Gasteiger partial charge in [0.1, 0.15) is 12.4 Å². The first-order valence-corrected chi connectivity index (χ1v) is 14.4. The summed E-state index contributed by atoms with van der Waals surface area (Å²) in [7, 11) is -0.315. The van der Waals surface area contributed by atoms with Crippen LogP contribution in [0.5, 0.6) is 17.2 Å². The summed E-state index contributed by atoms with van der Waals surface area (Å²) >= 11 is 0. The van der Waals surface area contributed by atoms with E-state index in [1.54, 1.807) is 49.4 Å². The summed E-state index contributed by atoms with van der Waals surface area (Å²) in [4.78, 5) is 30.5. The van der Waals surface area contributed by atoms with Crippen molar-refractivity contribution < 1.29 is 37.0 Å². The van der Waals surface area contributed by atoms with Crippen molar-refractivity contribution in [2.75, 3.05) is 51.1 Å². The third kappa shape index (κ3) is 6.39. The number of hydrogen-bond acceptors (Lipinski definition) is 8. The van der Waals surface area contributed by atoms with Crippen LogP contribution in [0.2, 0.25) is 0 Å². The predicted octanol–water partition coefficient (Wildman–Crippen LogP) is 2.82. The van der Waals surface area contributed by atoms with Crippen LogP contribution in [0.4, 0.5) is 5.69 Å². The molecule has 39 heavy (non-hydrogen) atoms. The van der Waals surface area contributed by atoms with Gasteiger partial charge in [0.2, 0.25) is 16.8 Å². The van der Waals surface area contributed by atoms with Crippen LogP contribution in [0.3, 0.4) is 0 Å². The van der Waals surface area contributed by atoms with Crippen LogP contribution in [0.25, 0.3) is 0 Å². The van der Waals surface area contributed by atoms with Gasteiger partial charge < -0.3 is 28.7 Å². The summed E-state index contributed by atoms with van der Waals surface area (Å²) in [6, 6.07) is 9.31. The summed E-state index contributed by atoms with van der Waals surface area (Å²) in [6.07, 6.45) is -0.372. The van der Waals surface area contributed by atoms with E-state index in [0.717, 1.165) is 0 Å². The number of rotatable bonds is 5. The molecule has 0 saturated carbocycles. The van der Waals surface area contributed by atoms with Crippen LogP contribution in [0.15, 0.2) is 36.4 Å². The van der Waals surface area contributed by atoms with Crippen molar-refractivity contribution in [1.29, 1.82) is 0 Å². The molecule has 3 atom stereocenters. The summed E-state index contributed by atoms with van der Waals surface area (Å²) in [5, 5.41) is 0. The summed E-state index contributed by atoms with van der Waals surface area (Å²) in [6.45, 7) is 6.21. The largest absolute Gasteiger partial charge is 0.491 e. The molecule has 11 nitrogen and oxygen atoms in total. The van der Waals surface area contributed by atoms with Crippen molar-refractivity contribution in [2.24, 2.45) is 5.92 Å². The van der Waals surface area contributed by atoms with Gasteiger partial charge in [-0.2, -0.15) is 0 Å². The van der Waals surface area contributed by atoms with E-state index in [9.17, 15) is 18.0 Å². The van der Waals surface area contributed by atoms with E-state index in [1.807, 2.05) is 13.8 Å². The highest BCUT2D eigenvalue weighted by molar-refractivity contribution is 7.92. The second-order valence-corrected chi connectivity index (χ2v) is 11.9. The molecule has 0 aromatic heterocycles. The van der Waals surface area contributed by atoms with E-state index in [2.05, 4.69) is 4.72 Å². The minimum Gasteiger partial charge on any atom is -0.491 e. The van der Waals surface area contributed by atoms with Crippen molar-refractivity contribution in [1.82, 2.24) is 9.80 Å². The molecule has 0 bridgehead atoms. The number of likely N-dealkylation sites (N-methyl/N-ethyl adjacent to an activating group) is 1. The van der Waals surface area contributed by atoms with Crippen molar-refractivity contribution in [2.45, 2.75) is 32.9 Å². The number of nitrogens with zero attached hydrogens (tertiary/aromatic N) is 2. The molecule has 2 aromatic carbocycles. The Hall–Kier alpha value is -3.51. The van der Waals surface area contributed by atoms with E-state index in [-0.39, 0.29) is 72.6 Å². The number of fused-ring (bicyclic) bond motifs is 2. The van der Waals surface area contributed by atoms with Gasteiger partial charge in [0, 0.05) is 44.4 Å². The standard InChI is InChI=1S/C27H35N3O8S/c1-6-39(33,34)28-20-8-10-22-21(12-20)27(32)29(4)14-25(35-5)17(2)13-30(18(3)15-36-22)26(31)19-7-9-23-24(11-19)38-16-37-23/h7-12,17-18,25,28H,6,13-16H2,1-5H3/t17-,18-,25+/m0/s1. The Balaban J connectivity index is 1.68. The zero-order valence-electron chi connectivity index (χ0n) is 22.8. The minimum absolute atomic E-state index is 0.102. The highest BCUT2D eigenvalue weighted by atomic mass is 32.2. The maximum Gasteiger partial charge on any atom is 0.257 e. The van der Waals surface area contributed by atoms with Gasteiger partial charge in [-0.25, -0.2) is 8.42 Å². The van der Waals surface area contributed by atoms with Gasteiger partial charge in [0.15, 0.2) is 11.5 Å². The SMILES string of the molecule is CCS(=O)(=O)Nc1ccc2c(c1)C(=O)N(C)C[C@@H](OC)[C@@H](C)CN(C(=O)c1ccc3c(c1)OCO3)[C@@H](C)CO2.